The Morgan fingerprint density at radius 3 is 2.64 bits per heavy atom. The zero-order valence-corrected chi connectivity index (χ0v) is 14.1. The van der Waals surface area contributed by atoms with E-state index in [2.05, 4.69) is 16.8 Å². The van der Waals surface area contributed by atoms with E-state index in [0.717, 1.165) is 24.6 Å². The summed E-state index contributed by atoms with van der Waals surface area (Å²) >= 11 is 6.00. The second-order valence-electron chi connectivity index (χ2n) is 6.84. The highest BCUT2D eigenvalue weighted by Crippen LogP contribution is 2.31. The first-order valence-electron chi connectivity index (χ1n) is 8.32. The van der Waals surface area contributed by atoms with Crippen LogP contribution in [0.1, 0.15) is 24.8 Å². The van der Waals surface area contributed by atoms with Crippen molar-refractivity contribution in [3.63, 3.8) is 0 Å². The lowest BCUT2D eigenvalue weighted by Crippen LogP contribution is -2.35. The lowest BCUT2D eigenvalue weighted by atomic mass is 9.84. The summed E-state index contributed by atoms with van der Waals surface area (Å²) in [7, 11) is 2.20. The van der Waals surface area contributed by atoms with E-state index in [0.29, 0.717) is 17.4 Å². The molecule has 0 bridgehead atoms. The Morgan fingerprint density at radius 1 is 1.18 bits per heavy atom. The van der Waals surface area contributed by atoms with Gasteiger partial charge in [-0.05, 0) is 68.9 Å². The average Bonchev–Trinajstić information content (AvgIpc) is 2.98. The van der Waals surface area contributed by atoms with E-state index in [4.69, 9.17) is 11.6 Å². The third-order valence-electron chi connectivity index (χ3n) is 5.25. The Hall–Kier alpha value is -1.06. The topological polar surface area (TPSA) is 23.6 Å². The molecule has 1 aromatic rings. The number of benzene rings is 1. The van der Waals surface area contributed by atoms with Crippen LogP contribution in [-0.2, 0) is 11.2 Å². The second kappa shape index (κ2) is 7.01. The maximum absolute atomic E-state index is 12.5. The van der Waals surface area contributed by atoms with Crippen molar-refractivity contribution in [1.29, 1.82) is 0 Å². The maximum atomic E-state index is 12.5. The van der Waals surface area contributed by atoms with E-state index < -0.39 is 0 Å². The molecule has 2 saturated heterocycles. The van der Waals surface area contributed by atoms with E-state index in [1.807, 2.05) is 24.3 Å². The molecule has 22 heavy (non-hydrogen) atoms. The monoisotopic (exact) mass is 320 g/mol. The lowest BCUT2D eigenvalue weighted by molar-refractivity contribution is -0.129. The molecule has 2 fully saturated rings. The number of piperidine rings is 1. The maximum Gasteiger partial charge on any atom is 0.226 e. The molecule has 3 nitrogen and oxygen atoms in total. The summed E-state index contributed by atoms with van der Waals surface area (Å²) in [5.41, 5.74) is 1.01. The number of amides is 1. The van der Waals surface area contributed by atoms with Gasteiger partial charge in [0.15, 0.2) is 0 Å². The number of likely N-dealkylation sites (tertiary alicyclic amines) is 2. The summed E-state index contributed by atoms with van der Waals surface area (Å²) in [4.78, 5) is 17.0. The number of nitrogens with zero attached hydrogens (tertiary/aromatic N) is 2. The van der Waals surface area contributed by atoms with Crippen molar-refractivity contribution < 1.29 is 4.79 Å². The van der Waals surface area contributed by atoms with E-state index in [1.165, 1.54) is 32.4 Å². The van der Waals surface area contributed by atoms with Gasteiger partial charge in [-0.15, -0.1) is 0 Å². The molecule has 0 aromatic heterocycles. The highest BCUT2D eigenvalue weighted by atomic mass is 35.5. The Balaban J connectivity index is 1.52. The Kier molecular flexibility index (Phi) is 5.04. The molecular formula is C18H25ClN2O. The predicted octanol–water partition coefficient (Wildman–Crippen LogP) is 3.07. The summed E-state index contributed by atoms with van der Waals surface area (Å²) in [5.74, 6) is 1.76. The van der Waals surface area contributed by atoms with Crippen LogP contribution in [0.5, 0.6) is 0 Å². The summed E-state index contributed by atoms with van der Waals surface area (Å²) in [6, 6.07) is 7.63. The highest BCUT2D eigenvalue weighted by Gasteiger charge is 2.32. The van der Waals surface area contributed by atoms with Crippen molar-refractivity contribution in [2.45, 2.75) is 25.7 Å². The third-order valence-corrected chi connectivity index (χ3v) is 5.49. The molecule has 120 valence electrons. The Bertz CT molecular complexity index is 526. The van der Waals surface area contributed by atoms with Gasteiger partial charge in [0.25, 0.3) is 0 Å². The van der Waals surface area contributed by atoms with Crippen molar-refractivity contribution in [1.82, 2.24) is 9.80 Å². The minimum Gasteiger partial charge on any atom is -0.342 e. The van der Waals surface area contributed by atoms with Gasteiger partial charge in [-0.1, -0.05) is 23.7 Å². The second-order valence-corrected chi connectivity index (χ2v) is 7.27. The van der Waals surface area contributed by atoms with Gasteiger partial charge in [-0.25, -0.2) is 0 Å². The van der Waals surface area contributed by atoms with Crippen LogP contribution in [0, 0.1) is 11.8 Å². The molecule has 4 heteroatoms. The van der Waals surface area contributed by atoms with Crippen LogP contribution in [0.15, 0.2) is 24.3 Å². The van der Waals surface area contributed by atoms with Gasteiger partial charge in [0.05, 0.1) is 6.42 Å². The molecular weight excluding hydrogens is 296 g/mol. The van der Waals surface area contributed by atoms with Gasteiger partial charge < -0.3 is 9.80 Å². The normalized spacial score (nSPS) is 23.9. The number of carbonyl (C=O) groups excluding carboxylic acids is 1. The fraction of sp³-hybridized carbons (Fsp3) is 0.611. The van der Waals surface area contributed by atoms with Crippen LogP contribution in [0.3, 0.4) is 0 Å². The number of halogens is 1. The first-order chi connectivity index (χ1) is 10.6. The SMILES string of the molecule is CN1CCC([C@@H]2CCN(C(=O)Cc3cccc(Cl)c3)C2)CC1. The van der Waals surface area contributed by atoms with Gasteiger partial charge in [0.1, 0.15) is 0 Å². The molecule has 0 unspecified atom stereocenters. The molecule has 3 rings (SSSR count). The minimum atomic E-state index is 0.248. The largest absolute Gasteiger partial charge is 0.342 e. The molecule has 0 saturated carbocycles. The van der Waals surface area contributed by atoms with Crippen LogP contribution >= 0.6 is 11.6 Å². The number of rotatable bonds is 3. The van der Waals surface area contributed by atoms with E-state index in [-0.39, 0.29) is 5.91 Å². The number of hydrogen-bond donors (Lipinski definition) is 0. The predicted molar refractivity (Wildman–Crippen MR) is 90.1 cm³/mol. The van der Waals surface area contributed by atoms with Crippen molar-refractivity contribution in [3.8, 4) is 0 Å². The minimum absolute atomic E-state index is 0.248. The molecule has 0 radical (unpaired) electrons. The lowest BCUT2D eigenvalue weighted by Gasteiger charge is -2.32. The Morgan fingerprint density at radius 2 is 1.91 bits per heavy atom. The molecule has 1 amide bonds. The summed E-state index contributed by atoms with van der Waals surface area (Å²) in [6.45, 7) is 4.29. The van der Waals surface area contributed by atoms with Gasteiger partial charge in [-0.3, -0.25) is 4.79 Å². The standard InChI is InChI=1S/C18H25ClN2O/c1-20-8-5-15(6-9-20)16-7-10-21(13-16)18(22)12-14-3-2-4-17(19)11-14/h2-4,11,15-16H,5-10,12-13H2,1H3/t16-/m1/s1. The zero-order valence-electron chi connectivity index (χ0n) is 13.3. The Labute approximate surface area is 138 Å². The number of carbonyl (C=O) groups is 1. The van der Waals surface area contributed by atoms with E-state index in [1.54, 1.807) is 0 Å². The van der Waals surface area contributed by atoms with E-state index in [9.17, 15) is 4.79 Å². The molecule has 0 aliphatic carbocycles. The first-order valence-corrected chi connectivity index (χ1v) is 8.70. The molecule has 2 aliphatic heterocycles. The van der Waals surface area contributed by atoms with Crippen molar-refractivity contribution in [3.05, 3.63) is 34.9 Å². The molecule has 1 atom stereocenters. The van der Waals surface area contributed by atoms with Crippen LogP contribution < -0.4 is 0 Å². The molecule has 0 N–H and O–H groups in total. The number of hydrogen-bond acceptors (Lipinski definition) is 2. The third kappa shape index (κ3) is 3.82. The van der Waals surface area contributed by atoms with Crippen LogP contribution in [0.4, 0.5) is 0 Å². The highest BCUT2D eigenvalue weighted by molar-refractivity contribution is 6.30. The average molecular weight is 321 g/mol. The summed E-state index contributed by atoms with van der Waals surface area (Å²) < 4.78 is 0. The fourth-order valence-corrected chi connectivity index (χ4v) is 4.04. The first kappa shape index (κ1) is 15.8. The summed E-state index contributed by atoms with van der Waals surface area (Å²) in [5, 5.41) is 0.705. The van der Waals surface area contributed by atoms with Crippen LogP contribution in [-0.4, -0.2) is 48.9 Å². The quantitative estimate of drug-likeness (QED) is 0.854. The molecule has 2 aliphatic rings. The molecule has 0 spiro atoms. The van der Waals surface area contributed by atoms with Gasteiger partial charge in [-0.2, -0.15) is 0 Å². The molecule has 2 heterocycles. The van der Waals surface area contributed by atoms with Gasteiger partial charge >= 0.3 is 0 Å². The van der Waals surface area contributed by atoms with Crippen molar-refractivity contribution in [2.24, 2.45) is 11.8 Å². The fourth-order valence-electron chi connectivity index (χ4n) is 3.83. The van der Waals surface area contributed by atoms with Crippen molar-refractivity contribution >= 4 is 17.5 Å². The van der Waals surface area contributed by atoms with Gasteiger partial charge in [0, 0.05) is 18.1 Å². The van der Waals surface area contributed by atoms with E-state index >= 15 is 0 Å². The smallest absolute Gasteiger partial charge is 0.226 e. The van der Waals surface area contributed by atoms with Crippen molar-refractivity contribution in [2.75, 3.05) is 33.2 Å². The van der Waals surface area contributed by atoms with Gasteiger partial charge in [0.2, 0.25) is 5.91 Å². The van der Waals surface area contributed by atoms with Crippen LogP contribution in [0.25, 0.3) is 0 Å². The summed E-state index contributed by atoms with van der Waals surface area (Å²) in [6.07, 6.45) is 4.23. The zero-order chi connectivity index (χ0) is 15.5. The molecule has 1 aromatic carbocycles. The van der Waals surface area contributed by atoms with Crippen LogP contribution in [0.2, 0.25) is 5.02 Å².